The van der Waals surface area contributed by atoms with Gasteiger partial charge in [-0.1, -0.05) is 5.21 Å². The molecular formula is C12H17N5O2. The number of rotatable bonds is 4. The number of amides is 2. The molecule has 0 bridgehead atoms. The van der Waals surface area contributed by atoms with Crippen LogP contribution in [0.3, 0.4) is 0 Å². The van der Waals surface area contributed by atoms with Crippen molar-refractivity contribution in [1.82, 2.24) is 25.2 Å². The molecule has 1 aliphatic carbocycles. The van der Waals surface area contributed by atoms with E-state index in [4.69, 9.17) is 0 Å². The van der Waals surface area contributed by atoms with Crippen molar-refractivity contribution in [2.45, 2.75) is 31.7 Å². The van der Waals surface area contributed by atoms with E-state index < -0.39 is 0 Å². The second-order valence-electron chi connectivity index (χ2n) is 5.26. The monoisotopic (exact) mass is 263 g/mol. The molecule has 3 rings (SSSR count). The maximum atomic E-state index is 11.7. The fourth-order valence-corrected chi connectivity index (χ4v) is 2.17. The number of nitrogens with zero attached hydrogens (tertiary/aromatic N) is 4. The van der Waals surface area contributed by atoms with Gasteiger partial charge in [-0.15, -0.1) is 5.10 Å². The second kappa shape index (κ2) is 4.64. The lowest BCUT2D eigenvalue weighted by atomic mass is 10.1. The van der Waals surface area contributed by atoms with Gasteiger partial charge in [-0.05, 0) is 12.8 Å². The van der Waals surface area contributed by atoms with Gasteiger partial charge in [-0.3, -0.25) is 9.59 Å². The molecule has 1 aromatic heterocycles. The van der Waals surface area contributed by atoms with Gasteiger partial charge in [0.1, 0.15) is 0 Å². The highest BCUT2D eigenvalue weighted by molar-refractivity contribution is 5.84. The average molecular weight is 263 g/mol. The maximum absolute atomic E-state index is 11.7. The maximum Gasteiger partial charge on any atom is 0.242 e. The average Bonchev–Trinajstić information content (AvgIpc) is 3.05. The Morgan fingerprint density at radius 2 is 2.16 bits per heavy atom. The van der Waals surface area contributed by atoms with E-state index in [1.165, 1.54) is 19.8 Å². The van der Waals surface area contributed by atoms with Crippen molar-refractivity contribution in [2.24, 2.45) is 0 Å². The Labute approximate surface area is 110 Å². The van der Waals surface area contributed by atoms with Crippen molar-refractivity contribution in [3.63, 3.8) is 0 Å². The van der Waals surface area contributed by atoms with Gasteiger partial charge in [-0.25, -0.2) is 4.68 Å². The van der Waals surface area contributed by atoms with Gasteiger partial charge < -0.3 is 10.2 Å². The Bertz CT molecular complexity index is 502. The van der Waals surface area contributed by atoms with Gasteiger partial charge in [0.2, 0.25) is 11.8 Å². The molecule has 7 heteroatoms. The first kappa shape index (κ1) is 12.1. The molecule has 0 atom stereocenters. The summed E-state index contributed by atoms with van der Waals surface area (Å²) in [6.45, 7) is 2.77. The highest BCUT2D eigenvalue weighted by Gasteiger charge is 2.34. The van der Waals surface area contributed by atoms with Crippen LogP contribution < -0.4 is 5.32 Å². The van der Waals surface area contributed by atoms with Crippen LogP contribution in [0.1, 0.15) is 37.4 Å². The molecule has 2 aliphatic rings. The summed E-state index contributed by atoms with van der Waals surface area (Å²) in [5, 5.41) is 10.8. The van der Waals surface area contributed by atoms with Gasteiger partial charge in [0, 0.05) is 32.1 Å². The molecule has 1 aromatic rings. The molecule has 7 nitrogen and oxygen atoms in total. The minimum absolute atomic E-state index is 0.0472. The van der Waals surface area contributed by atoms with E-state index in [-0.39, 0.29) is 24.4 Å². The first-order chi connectivity index (χ1) is 9.13. The first-order valence-corrected chi connectivity index (χ1v) is 6.57. The fraction of sp³-hybridized carbons (Fsp3) is 0.667. The van der Waals surface area contributed by atoms with Crippen molar-refractivity contribution in [1.29, 1.82) is 0 Å². The number of hydrogen-bond acceptors (Lipinski definition) is 4. The third kappa shape index (κ3) is 2.59. The molecule has 102 valence electrons. The van der Waals surface area contributed by atoms with Crippen LogP contribution in [-0.4, -0.2) is 51.3 Å². The van der Waals surface area contributed by atoms with Crippen molar-refractivity contribution in [2.75, 3.05) is 19.6 Å². The van der Waals surface area contributed by atoms with E-state index in [1.807, 2.05) is 10.9 Å². The summed E-state index contributed by atoms with van der Waals surface area (Å²) in [5.74, 6) is 0.371. The minimum Gasteiger partial charge on any atom is -0.347 e. The molecule has 0 spiro atoms. The summed E-state index contributed by atoms with van der Waals surface area (Å²) >= 11 is 0. The Balaban J connectivity index is 1.48. The van der Waals surface area contributed by atoms with Gasteiger partial charge in [-0.2, -0.15) is 0 Å². The lowest BCUT2D eigenvalue weighted by Gasteiger charge is -2.38. The lowest BCUT2D eigenvalue weighted by Crippen LogP contribution is -2.53. The van der Waals surface area contributed by atoms with E-state index in [0.717, 1.165) is 5.69 Å². The normalized spacial score (nSPS) is 19.1. The van der Waals surface area contributed by atoms with Crippen LogP contribution in [0, 0.1) is 0 Å². The molecule has 1 saturated heterocycles. The number of aromatic nitrogens is 3. The van der Waals surface area contributed by atoms with E-state index in [0.29, 0.717) is 19.0 Å². The SMILES string of the molecule is CC(=O)NCC(=O)N1CC(n2cc(C3CC3)nn2)C1. The van der Waals surface area contributed by atoms with Gasteiger partial charge in [0.15, 0.2) is 0 Å². The minimum atomic E-state index is -0.184. The van der Waals surface area contributed by atoms with Crippen LogP contribution in [0.5, 0.6) is 0 Å². The van der Waals surface area contributed by atoms with Crippen molar-refractivity contribution in [3.05, 3.63) is 11.9 Å². The predicted octanol–water partition coefficient (Wildman–Crippen LogP) is -0.325. The van der Waals surface area contributed by atoms with E-state index >= 15 is 0 Å². The van der Waals surface area contributed by atoms with Crippen LogP contribution in [-0.2, 0) is 9.59 Å². The summed E-state index contributed by atoms with van der Waals surface area (Å²) < 4.78 is 1.86. The number of carbonyl (C=O) groups is 2. The summed E-state index contributed by atoms with van der Waals surface area (Å²) in [6, 6.07) is 0.223. The van der Waals surface area contributed by atoms with Crippen LogP contribution >= 0.6 is 0 Å². The molecule has 2 heterocycles. The van der Waals surface area contributed by atoms with E-state index in [2.05, 4.69) is 15.6 Å². The van der Waals surface area contributed by atoms with Crippen LogP contribution in [0.4, 0.5) is 0 Å². The van der Waals surface area contributed by atoms with Crippen molar-refractivity contribution < 1.29 is 9.59 Å². The molecule has 1 aliphatic heterocycles. The van der Waals surface area contributed by atoms with Crippen LogP contribution in [0.25, 0.3) is 0 Å². The number of hydrogen-bond donors (Lipinski definition) is 1. The molecule has 0 radical (unpaired) electrons. The fourth-order valence-electron chi connectivity index (χ4n) is 2.17. The van der Waals surface area contributed by atoms with Gasteiger partial charge in [0.25, 0.3) is 0 Å². The zero-order chi connectivity index (χ0) is 13.4. The summed E-state index contributed by atoms with van der Waals surface area (Å²) in [7, 11) is 0. The van der Waals surface area contributed by atoms with Crippen LogP contribution in [0.2, 0.25) is 0 Å². The Hall–Kier alpha value is -1.92. The molecule has 2 fully saturated rings. The second-order valence-corrected chi connectivity index (χ2v) is 5.26. The van der Waals surface area contributed by atoms with Gasteiger partial charge >= 0.3 is 0 Å². The number of likely N-dealkylation sites (tertiary alicyclic amines) is 1. The highest BCUT2D eigenvalue weighted by Crippen LogP contribution is 2.39. The summed E-state index contributed by atoms with van der Waals surface area (Å²) in [5.41, 5.74) is 1.07. The van der Waals surface area contributed by atoms with Gasteiger partial charge in [0.05, 0.1) is 18.3 Å². The first-order valence-electron chi connectivity index (χ1n) is 6.57. The van der Waals surface area contributed by atoms with E-state index in [9.17, 15) is 9.59 Å². The molecule has 0 aromatic carbocycles. The Kier molecular flexibility index (Phi) is 2.96. The number of carbonyl (C=O) groups excluding carboxylic acids is 2. The Morgan fingerprint density at radius 3 is 2.79 bits per heavy atom. The molecule has 1 saturated carbocycles. The lowest BCUT2D eigenvalue weighted by molar-refractivity contribution is -0.137. The zero-order valence-electron chi connectivity index (χ0n) is 10.9. The predicted molar refractivity (Wildman–Crippen MR) is 66.3 cm³/mol. The largest absolute Gasteiger partial charge is 0.347 e. The quantitative estimate of drug-likeness (QED) is 0.807. The van der Waals surface area contributed by atoms with Crippen molar-refractivity contribution >= 4 is 11.8 Å². The highest BCUT2D eigenvalue weighted by atomic mass is 16.2. The molecule has 2 amide bonds. The van der Waals surface area contributed by atoms with Crippen LogP contribution in [0.15, 0.2) is 6.20 Å². The topological polar surface area (TPSA) is 80.1 Å². The molecule has 1 N–H and O–H groups in total. The third-order valence-electron chi connectivity index (χ3n) is 3.60. The standard InChI is InChI=1S/C12H17N5O2/c1-8(18)13-4-12(19)16-5-10(6-16)17-7-11(14-15-17)9-2-3-9/h7,9-10H,2-6H2,1H3,(H,13,18). The smallest absolute Gasteiger partial charge is 0.242 e. The summed E-state index contributed by atoms with van der Waals surface area (Å²) in [4.78, 5) is 24.1. The molecule has 0 unspecified atom stereocenters. The zero-order valence-corrected chi connectivity index (χ0v) is 10.9. The Morgan fingerprint density at radius 1 is 1.42 bits per heavy atom. The molecular weight excluding hydrogens is 246 g/mol. The third-order valence-corrected chi connectivity index (χ3v) is 3.60. The van der Waals surface area contributed by atoms with E-state index in [1.54, 1.807) is 4.90 Å². The summed E-state index contributed by atoms with van der Waals surface area (Å²) in [6.07, 6.45) is 4.42. The van der Waals surface area contributed by atoms with Crippen molar-refractivity contribution in [3.8, 4) is 0 Å². The molecule has 19 heavy (non-hydrogen) atoms. The number of nitrogens with one attached hydrogen (secondary N) is 1.